The number of rotatable bonds is 0. The van der Waals surface area contributed by atoms with Gasteiger partial charge >= 0.3 is 0 Å². The molecule has 0 saturated carbocycles. The fourth-order valence-electron chi connectivity index (χ4n) is 0.863. The zero-order valence-corrected chi connectivity index (χ0v) is 7.11. The van der Waals surface area contributed by atoms with Crippen molar-refractivity contribution in [2.45, 2.75) is 12.8 Å². The van der Waals surface area contributed by atoms with E-state index in [1.54, 1.807) is 0 Å². The van der Waals surface area contributed by atoms with Crippen molar-refractivity contribution < 1.29 is 0 Å². The van der Waals surface area contributed by atoms with Crippen molar-refractivity contribution in [3.8, 4) is 0 Å². The van der Waals surface area contributed by atoms with E-state index in [2.05, 4.69) is 24.3 Å². The molecule has 0 heteroatoms. The lowest BCUT2D eigenvalue weighted by Crippen LogP contribution is -1.63. The average Bonchev–Trinajstić information content (AvgIpc) is 2.05. The fourth-order valence-corrected chi connectivity index (χ4v) is 0.863. The van der Waals surface area contributed by atoms with Crippen LogP contribution in [-0.4, -0.2) is 0 Å². The van der Waals surface area contributed by atoms with E-state index >= 15 is 0 Å². The van der Waals surface area contributed by atoms with E-state index in [0.717, 1.165) is 12.8 Å². The Morgan fingerprint density at radius 1 is 0.750 bits per heavy atom. The summed E-state index contributed by atoms with van der Waals surface area (Å²) in [6.07, 6.45) is 23.5. The number of allylic oxidation sites excluding steroid dienone is 10. The van der Waals surface area contributed by atoms with Crippen LogP contribution in [-0.2, 0) is 0 Å². The molecule has 61 valence electrons. The van der Waals surface area contributed by atoms with Gasteiger partial charge in [-0.15, -0.1) is 0 Å². The second-order valence-corrected chi connectivity index (χ2v) is 2.47. The van der Waals surface area contributed by atoms with Gasteiger partial charge in [-0.25, -0.2) is 0 Å². The summed E-state index contributed by atoms with van der Waals surface area (Å²) in [6.45, 7) is 0. The molecular weight excluding hydrogens is 144 g/mol. The van der Waals surface area contributed by atoms with Crippen molar-refractivity contribution in [3.63, 3.8) is 0 Å². The summed E-state index contributed by atoms with van der Waals surface area (Å²) in [5, 5.41) is 0. The highest BCUT2D eigenvalue weighted by atomic mass is 13.8. The summed E-state index contributed by atoms with van der Waals surface area (Å²) >= 11 is 0. The quantitative estimate of drug-likeness (QED) is 0.505. The maximum absolute atomic E-state index is 3.18. The lowest BCUT2D eigenvalue weighted by atomic mass is 10.2. The second kappa shape index (κ2) is 6.41. The second-order valence-electron chi connectivity index (χ2n) is 2.47. The fraction of sp³-hybridized carbons (Fsp3) is 0.167. The Morgan fingerprint density at radius 3 is 2.25 bits per heavy atom. The molecule has 0 saturated heterocycles. The molecule has 0 atom stereocenters. The van der Waals surface area contributed by atoms with Gasteiger partial charge in [0.1, 0.15) is 0 Å². The molecule has 0 aromatic rings. The standard InChI is InChI=1S/C12H13/c1-2-4-6-8-10-12-11-9-7-5-3-1/h1-8,11H,9-10H2/b3-1-,4-2+,7-5+,8-6-,12-11?. The minimum absolute atomic E-state index is 0.905. The van der Waals surface area contributed by atoms with Crippen molar-refractivity contribution in [1.82, 2.24) is 0 Å². The molecule has 0 aromatic heterocycles. The predicted molar refractivity (Wildman–Crippen MR) is 53.6 cm³/mol. The summed E-state index contributed by atoms with van der Waals surface area (Å²) in [5.41, 5.74) is 0. The lowest BCUT2D eigenvalue weighted by molar-refractivity contribution is 1.27. The van der Waals surface area contributed by atoms with Gasteiger partial charge in [-0.1, -0.05) is 54.7 Å². The number of hydrogen-bond acceptors (Lipinski definition) is 0. The van der Waals surface area contributed by atoms with Gasteiger partial charge in [-0.05, 0) is 18.9 Å². The smallest absolute Gasteiger partial charge is 0.00946 e. The maximum Gasteiger partial charge on any atom is -0.00946 e. The van der Waals surface area contributed by atoms with Crippen LogP contribution in [0.4, 0.5) is 0 Å². The highest BCUT2D eigenvalue weighted by molar-refractivity contribution is 5.16. The van der Waals surface area contributed by atoms with Crippen LogP contribution in [0.2, 0.25) is 0 Å². The molecule has 12 heavy (non-hydrogen) atoms. The molecule has 0 aliphatic heterocycles. The third kappa shape index (κ3) is 4.51. The normalized spacial score (nSPS) is 30.7. The zero-order valence-electron chi connectivity index (χ0n) is 7.11. The minimum atomic E-state index is 0.905. The third-order valence-corrected chi connectivity index (χ3v) is 1.46. The summed E-state index contributed by atoms with van der Waals surface area (Å²) < 4.78 is 0. The van der Waals surface area contributed by atoms with Gasteiger partial charge in [0.05, 0.1) is 0 Å². The SMILES string of the molecule is [C]1=C\C/C=C/C=C\C=C\C=C/C/1. The van der Waals surface area contributed by atoms with Crippen molar-refractivity contribution >= 4 is 0 Å². The molecule has 0 bridgehead atoms. The van der Waals surface area contributed by atoms with E-state index in [1.165, 1.54) is 0 Å². The summed E-state index contributed by atoms with van der Waals surface area (Å²) in [6, 6.07) is 0. The largest absolute Gasteiger partial charge is 0.0807 e. The minimum Gasteiger partial charge on any atom is -0.0807 e. The van der Waals surface area contributed by atoms with Crippen molar-refractivity contribution in [1.29, 1.82) is 0 Å². The van der Waals surface area contributed by atoms with Gasteiger partial charge in [-0.2, -0.15) is 0 Å². The van der Waals surface area contributed by atoms with Crippen molar-refractivity contribution in [3.05, 3.63) is 60.8 Å². The Kier molecular flexibility index (Phi) is 4.70. The first kappa shape index (κ1) is 8.79. The number of hydrogen-bond donors (Lipinski definition) is 0. The summed E-state index contributed by atoms with van der Waals surface area (Å²) in [5.74, 6) is 0. The van der Waals surface area contributed by atoms with Gasteiger partial charge in [0.2, 0.25) is 0 Å². The Hall–Kier alpha value is -1.30. The van der Waals surface area contributed by atoms with Crippen LogP contribution in [0.15, 0.2) is 54.7 Å². The highest BCUT2D eigenvalue weighted by Crippen LogP contribution is 1.92. The lowest BCUT2D eigenvalue weighted by Gasteiger charge is -1.82. The predicted octanol–water partition coefficient (Wildman–Crippen LogP) is 3.36. The van der Waals surface area contributed by atoms with Crippen LogP contribution in [0.3, 0.4) is 0 Å². The molecule has 0 N–H and O–H groups in total. The van der Waals surface area contributed by atoms with Crippen molar-refractivity contribution in [2.75, 3.05) is 0 Å². The van der Waals surface area contributed by atoms with Crippen molar-refractivity contribution in [2.24, 2.45) is 0 Å². The van der Waals surface area contributed by atoms with E-state index in [0.29, 0.717) is 0 Å². The van der Waals surface area contributed by atoms with Crippen LogP contribution in [0.1, 0.15) is 12.8 Å². The average molecular weight is 157 g/mol. The summed E-state index contributed by atoms with van der Waals surface area (Å²) in [4.78, 5) is 0. The topological polar surface area (TPSA) is 0 Å². The molecule has 0 amide bonds. The monoisotopic (exact) mass is 157 g/mol. The molecule has 1 radical (unpaired) electrons. The Labute approximate surface area is 74.3 Å². The first-order chi connectivity index (χ1) is 6.00. The van der Waals surface area contributed by atoms with Crippen LogP contribution in [0.25, 0.3) is 0 Å². The van der Waals surface area contributed by atoms with Crippen LogP contribution in [0.5, 0.6) is 0 Å². The highest BCUT2D eigenvalue weighted by Gasteiger charge is 1.73. The molecule has 1 rings (SSSR count). The zero-order chi connectivity index (χ0) is 8.49. The first-order valence-corrected chi connectivity index (χ1v) is 4.20. The van der Waals surface area contributed by atoms with Gasteiger partial charge in [0, 0.05) is 0 Å². The molecule has 0 nitrogen and oxygen atoms in total. The van der Waals surface area contributed by atoms with Gasteiger partial charge in [0.15, 0.2) is 0 Å². The molecule has 0 unspecified atom stereocenters. The van der Waals surface area contributed by atoms with E-state index < -0.39 is 0 Å². The Bertz CT molecular complexity index is 211. The van der Waals surface area contributed by atoms with Gasteiger partial charge < -0.3 is 0 Å². The molecular formula is C12H13. The van der Waals surface area contributed by atoms with Gasteiger partial charge in [-0.3, -0.25) is 0 Å². The Morgan fingerprint density at radius 2 is 1.42 bits per heavy atom. The molecule has 1 aliphatic rings. The van der Waals surface area contributed by atoms with Crippen LogP contribution >= 0.6 is 0 Å². The van der Waals surface area contributed by atoms with Crippen LogP contribution < -0.4 is 0 Å². The third-order valence-electron chi connectivity index (χ3n) is 1.46. The van der Waals surface area contributed by atoms with E-state index in [1.807, 2.05) is 36.5 Å². The van der Waals surface area contributed by atoms with E-state index in [-0.39, 0.29) is 0 Å². The summed E-state index contributed by atoms with van der Waals surface area (Å²) in [7, 11) is 0. The van der Waals surface area contributed by atoms with E-state index in [9.17, 15) is 0 Å². The molecule has 0 aromatic carbocycles. The molecule has 0 fully saturated rings. The first-order valence-electron chi connectivity index (χ1n) is 4.20. The molecule has 1 aliphatic carbocycles. The maximum atomic E-state index is 3.18. The van der Waals surface area contributed by atoms with Crippen LogP contribution in [0, 0.1) is 6.08 Å². The van der Waals surface area contributed by atoms with E-state index in [4.69, 9.17) is 0 Å². The van der Waals surface area contributed by atoms with Gasteiger partial charge in [0.25, 0.3) is 0 Å². The Balaban J connectivity index is 2.55. The molecule has 0 heterocycles. The molecule has 0 spiro atoms.